The molecule has 0 aliphatic carbocycles. The Morgan fingerprint density at radius 2 is 2.35 bits per heavy atom. The van der Waals surface area contributed by atoms with Gasteiger partial charge in [-0.2, -0.15) is 0 Å². The van der Waals surface area contributed by atoms with E-state index < -0.39 is 4.92 Å². The second kappa shape index (κ2) is 6.00. The number of aromatic nitrogens is 1. The molecular formula is C10H16N4O3. The third-order valence-corrected chi connectivity index (χ3v) is 2.07. The van der Waals surface area contributed by atoms with E-state index in [1.54, 1.807) is 0 Å². The van der Waals surface area contributed by atoms with Gasteiger partial charge in [0.25, 0.3) is 0 Å². The molecule has 0 bridgehead atoms. The molecule has 1 aromatic heterocycles. The van der Waals surface area contributed by atoms with Crippen molar-refractivity contribution < 1.29 is 9.66 Å². The van der Waals surface area contributed by atoms with Crippen LogP contribution in [0.3, 0.4) is 0 Å². The number of ether oxygens (including phenoxy) is 1. The number of anilines is 2. The van der Waals surface area contributed by atoms with E-state index in [1.807, 2.05) is 13.8 Å². The molecule has 17 heavy (non-hydrogen) atoms. The first-order valence-electron chi connectivity index (χ1n) is 5.29. The third-order valence-electron chi connectivity index (χ3n) is 2.07. The highest BCUT2D eigenvalue weighted by Gasteiger charge is 2.13. The number of hydrogen-bond donors (Lipinski definition) is 2. The van der Waals surface area contributed by atoms with Gasteiger partial charge >= 0.3 is 5.69 Å². The minimum absolute atomic E-state index is 0.0586. The van der Waals surface area contributed by atoms with Crippen molar-refractivity contribution in [1.82, 2.24) is 4.98 Å². The number of pyridine rings is 1. The maximum absolute atomic E-state index is 10.5. The van der Waals surface area contributed by atoms with Crippen LogP contribution < -0.4 is 11.1 Å². The van der Waals surface area contributed by atoms with Crippen molar-refractivity contribution in [3.8, 4) is 0 Å². The summed E-state index contributed by atoms with van der Waals surface area (Å²) < 4.78 is 5.23. The average molecular weight is 240 g/mol. The molecule has 1 rings (SSSR count). The van der Waals surface area contributed by atoms with Gasteiger partial charge in [-0.25, -0.2) is 4.98 Å². The molecule has 0 saturated carbocycles. The van der Waals surface area contributed by atoms with Crippen LogP contribution in [0.5, 0.6) is 0 Å². The molecule has 0 radical (unpaired) electrons. The van der Waals surface area contributed by atoms with Crippen molar-refractivity contribution in [2.45, 2.75) is 19.9 Å². The number of nitrogens with zero attached hydrogens (tertiary/aromatic N) is 2. The Morgan fingerprint density at radius 1 is 1.65 bits per heavy atom. The third kappa shape index (κ3) is 3.87. The number of hydrogen-bond acceptors (Lipinski definition) is 6. The Bertz CT molecular complexity index is 397. The fourth-order valence-corrected chi connectivity index (χ4v) is 1.29. The molecule has 1 unspecified atom stereocenters. The van der Waals surface area contributed by atoms with E-state index >= 15 is 0 Å². The van der Waals surface area contributed by atoms with Crippen molar-refractivity contribution in [1.29, 1.82) is 0 Å². The molecule has 0 fully saturated rings. The molecule has 1 heterocycles. The summed E-state index contributed by atoms with van der Waals surface area (Å²) in [4.78, 5) is 13.9. The highest BCUT2D eigenvalue weighted by molar-refractivity contribution is 5.57. The van der Waals surface area contributed by atoms with Gasteiger partial charge in [0.1, 0.15) is 5.82 Å². The molecule has 3 N–H and O–H groups in total. The van der Waals surface area contributed by atoms with E-state index in [4.69, 9.17) is 10.5 Å². The fraction of sp³-hybridized carbons (Fsp3) is 0.500. The Labute approximate surface area is 99.1 Å². The lowest BCUT2D eigenvalue weighted by Crippen LogP contribution is -2.22. The molecule has 0 aliphatic rings. The standard InChI is InChI=1S/C10H16N4O3/c1-3-17-6-7(2)12-9-5-4-8(14(15)16)10(11)13-9/h4-5,7H,3,6H2,1-2H3,(H3,11,12,13). The van der Waals surface area contributed by atoms with Gasteiger partial charge in [-0.05, 0) is 19.9 Å². The zero-order valence-electron chi connectivity index (χ0n) is 9.84. The molecule has 1 atom stereocenters. The summed E-state index contributed by atoms with van der Waals surface area (Å²) in [5, 5.41) is 13.6. The zero-order chi connectivity index (χ0) is 12.8. The lowest BCUT2D eigenvalue weighted by Gasteiger charge is -2.14. The second-order valence-corrected chi connectivity index (χ2v) is 3.56. The molecule has 0 spiro atoms. The van der Waals surface area contributed by atoms with E-state index in [-0.39, 0.29) is 17.5 Å². The first-order valence-corrected chi connectivity index (χ1v) is 5.29. The number of nitrogens with two attached hydrogens (primary N) is 1. The van der Waals surface area contributed by atoms with Gasteiger partial charge in [0.15, 0.2) is 0 Å². The summed E-state index contributed by atoms with van der Waals surface area (Å²) in [6.45, 7) is 5.01. The first-order chi connectivity index (χ1) is 8.04. The number of nitrogens with one attached hydrogen (secondary N) is 1. The average Bonchev–Trinajstić information content (AvgIpc) is 2.26. The molecular weight excluding hydrogens is 224 g/mol. The van der Waals surface area contributed by atoms with Gasteiger partial charge in [0, 0.05) is 18.7 Å². The Hall–Kier alpha value is -1.89. The van der Waals surface area contributed by atoms with Crippen LogP contribution in [-0.4, -0.2) is 29.2 Å². The van der Waals surface area contributed by atoms with Crippen molar-refractivity contribution in [3.05, 3.63) is 22.2 Å². The van der Waals surface area contributed by atoms with Crippen LogP contribution in [-0.2, 0) is 4.74 Å². The molecule has 0 aliphatic heterocycles. The predicted molar refractivity (Wildman–Crippen MR) is 64.9 cm³/mol. The molecule has 0 saturated heterocycles. The summed E-state index contributed by atoms with van der Waals surface area (Å²) >= 11 is 0. The minimum atomic E-state index is -0.560. The molecule has 7 nitrogen and oxygen atoms in total. The van der Waals surface area contributed by atoms with Crippen LogP contribution in [0.25, 0.3) is 0 Å². The van der Waals surface area contributed by atoms with Crippen molar-refractivity contribution in [3.63, 3.8) is 0 Å². The van der Waals surface area contributed by atoms with E-state index in [1.165, 1.54) is 12.1 Å². The quantitative estimate of drug-likeness (QED) is 0.575. The van der Waals surface area contributed by atoms with Gasteiger partial charge in [0.2, 0.25) is 5.82 Å². The van der Waals surface area contributed by atoms with Crippen LogP contribution in [0.2, 0.25) is 0 Å². The Kier molecular flexibility index (Phi) is 4.65. The van der Waals surface area contributed by atoms with Gasteiger partial charge in [-0.15, -0.1) is 0 Å². The summed E-state index contributed by atoms with van der Waals surface area (Å²) in [5.74, 6) is 0.406. The maximum Gasteiger partial charge on any atom is 0.311 e. The van der Waals surface area contributed by atoms with Crippen LogP contribution >= 0.6 is 0 Å². The maximum atomic E-state index is 10.5. The van der Waals surface area contributed by atoms with Crippen LogP contribution in [0, 0.1) is 10.1 Å². The Balaban J connectivity index is 2.67. The van der Waals surface area contributed by atoms with Crippen molar-refractivity contribution in [2.75, 3.05) is 24.3 Å². The molecule has 0 amide bonds. The first kappa shape index (κ1) is 13.2. The molecule has 1 aromatic rings. The SMILES string of the molecule is CCOCC(C)Nc1ccc([N+](=O)[O-])c(N)n1. The smallest absolute Gasteiger partial charge is 0.311 e. The number of rotatable bonds is 6. The van der Waals surface area contributed by atoms with Gasteiger partial charge in [-0.3, -0.25) is 10.1 Å². The van der Waals surface area contributed by atoms with E-state index in [9.17, 15) is 10.1 Å². The monoisotopic (exact) mass is 240 g/mol. The summed E-state index contributed by atoms with van der Waals surface area (Å²) in [6.07, 6.45) is 0. The highest BCUT2D eigenvalue weighted by atomic mass is 16.6. The van der Waals surface area contributed by atoms with Gasteiger partial charge in [-0.1, -0.05) is 0 Å². The minimum Gasteiger partial charge on any atom is -0.380 e. The lowest BCUT2D eigenvalue weighted by molar-refractivity contribution is -0.384. The lowest BCUT2D eigenvalue weighted by atomic mass is 10.3. The topological polar surface area (TPSA) is 103 Å². The van der Waals surface area contributed by atoms with E-state index in [0.717, 1.165) is 0 Å². The van der Waals surface area contributed by atoms with E-state index in [2.05, 4.69) is 10.3 Å². The van der Waals surface area contributed by atoms with Crippen molar-refractivity contribution >= 4 is 17.3 Å². The second-order valence-electron chi connectivity index (χ2n) is 3.56. The normalized spacial score (nSPS) is 12.1. The van der Waals surface area contributed by atoms with Gasteiger partial charge < -0.3 is 15.8 Å². The molecule has 7 heteroatoms. The summed E-state index contributed by atoms with van der Waals surface area (Å²) in [7, 11) is 0. The Morgan fingerprint density at radius 3 is 2.88 bits per heavy atom. The number of nitro groups is 1. The predicted octanol–water partition coefficient (Wildman–Crippen LogP) is 1.41. The van der Waals surface area contributed by atoms with E-state index in [0.29, 0.717) is 19.0 Å². The summed E-state index contributed by atoms with van der Waals surface area (Å²) in [6, 6.07) is 2.91. The van der Waals surface area contributed by atoms with Crippen LogP contribution in [0.1, 0.15) is 13.8 Å². The fourth-order valence-electron chi connectivity index (χ4n) is 1.29. The molecule has 0 aromatic carbocycles. The number of nitrogen functional groups attached to an aromatic ring is 1. The highest BCUT2D eigenvalue weighted by Crippen LogP contribution is 2.20. The summed E-state index contributed by atoms with van der Waals surface area (Å²) in [5.41, 5.74) is 5.29. The van der Waals surface area contributed by atoms with Crippen molar-refractivity contribution in [2.24, 2.45) is 0 Å². The largest absolute Gasteiger partial charge is 0.380 e. The van der Waals surface area contributed by atoms with Crippen LogP contribution in [0.4, 0.5) is 17.3 Å². The van der Waals surface area contributed by atoms with Crippen LogP contribution in [0.15, 0.2) is 12.1 Å². The molecule has 94 valence electrons. The van der Waals surface area contributed by atoms with Gasteiger partial charge in [0.05, 0.1) is 11.5 Å². The zero-order valence-corrected chi connectivity index (χ0v) is 9.84.